The summed E-state index contributed by atoms with van der Waals surface area (Å²) in [5.74, 6) is -0.168. The molecule has 0 bridgehead atoms. The second-order valence-electron chi connectivity index (χ2n) is 3.93. The molecule has 0 saturated heterocycles. The molecule has 2 aromatic carbocycles. The summed E-state index contributed by atoms with van der Waals surface area (Å²) >= 11 is 0. The van der Waals surface area contributed by atoms with Crippen LogP contribution in [-0.4, -0.2) is 10.6 Å². The first kappa shape index (κ1) is 13.3. The van der Waals surface area contributed by atoms with E-state index >= 15 is 0 Å². The summed E-state index contributed by atoms with van der Waals surface area (Å²) in [4.78, 5) is 14.0. The highest BCUT2D eigenvalue weighted by Gasteiger charge is 2.13. The van der Waals surface area contributed by atoms with Gasteiger partial charge >= 0.3 is 0 Å². The number of ketones is 1. The molecule has 0 radical (unpaired) electrons. The van der Waals surface area contributed by atoms with Gasteiger partial charge in [-0.05, 0) is 24.3 Å². The molecule has 0 aliphatic rings. The molecular formula is C16H13NOS. The van der Waals surface area contributed by atoms with E-state index in [2.05, 4.69) is 6.07 Å². The van der Waals surface area contributed by atoms with Crippen LogP contribution in [0.4, 0.5) is 0 Å². The SMILES string of the molecule is CC(=O)C(C#N)=S(c1ccccc1)c1ccccc1. The Balaban J connectivity index is 2.73. The van der Waals surface area contributed by atoms with Crippen LogP contribution in [0.3, 0.4) is 0 Å². The number of carbonyl (C=O) groups is 1. The van der Waals surface area contributed by atoms with Gasteiger partial charge in [0.15, 0.2) is 5.78 Å². The van der Waals surface area contributed by atoms with Gasteiger partial charge in [-0.1, -0.05) is 36.4 Å². The molecule has 0 unspecified atom stereocenters. The van der Waals surface area contributed by atoms with Crippen molar-refractivity contribution in [3.05, 3.63) is 60.7 Å². The fourth-order valence-corrected chi connectivity index (χ4v) is 3.73. The summed E-state index contributed by atoms with van der Waals surface area (Å²) in [5, 5.41) is 9.29. The third-order valence-corrected chi connectivity index (χ3v) is 4.86. The van der Waals surface area contributed by atoms with Crippen LogP contribution in [0, 0.1) is 11.3 Å². The monoisotopic (exact) mass is 267 g/mol. The number of rotatable bonds is 3. The van der Waals surface area contributed by atoms with Crippen LogP contribution in [0.1, 0.15) is 6.92 Å². The van der Waals surface area contributed by atoms with Crippen molar-refractivity contribution in [2.45, 2.75) is 16.7 Å². The predicted molar refractivity (Wildman–Crippen MR) is 78.3 cm³/mol. The fraction of sp³-hybridized carbons (Fsp3) is 0.0625. The molecule has 0 heterocycles. The molecule has 3 heteroatoms. The highest BCUT2D eigenvalue weighted by molar-refractivity contribution is 8.17. The van der Waals surface area contributed by atoms with Gasteiger partial charge in [-0.2, -0.15) is 5.26 Å². The number of hydrogen-bond donors (Lipinski definition) is 0. The van der Waals surface area contributed by atoms with E-state index in [1.807, 2.05) is 60.7 Å². The predicted octanol–water partition coefficient (Wildman–Crippen LogP) is 3.66. The van der Waals surface area contributed by atoms with Gasteiger partial charge in [0.25, 0.3) is 0 Å². The molecular weight excluding hydrogens is 254 g/mol. The quantitative estimate of drug-likeness (QED) is 0.796. The first-order valence-corrected chi connectivity index (χ1v) is 7.09. The van der Waals surface area contributed by atoms with Crippen molar-refractivity contribution in [1.29, 1.82) is 5.26 Å². The van der Waals surface area contributed by atoms with E-state index in [0.29, 0.717) is 4.86 Å². The molecule has 0 saturated carbocycles. The van der Waals surface area contributed by atoms with Crippen molar-refractivity contribution in [2.75, 3.05) is 0 Å². The summed E-state index contributed by atoms with van der Waals surface area (Å²) < 4.78 is 0. The fourth-order valence-electron chi connectivity index (χ4n) is 1.75. The highest BCUT2D eigenvalue weighted by Crippen LogP contribution is 2.36. The summed E-state index contributed by atoms with van der Waals surface area (Å²) in [6.45, 7) is 1.45. The maximum absolute atomic E-state index is 11.7. The largest absolute Gasteiger partial charge is 0.293 e. The molecule has 0 atom stereocenters. The van der Waals surface area contributed by atoms with Gasteiger partial charge in [-0.15, -0.1) is 10.5 Å². The van der Waals surface area contributed by atoms with Gasteiger partial charge in [-0.3, -0.25) is 4.79 Å². The zero-order valence-electron chi connectivity index (χ0n) is 10.5. The van der Waals surface area contributed by atoms with E-state index in [9.17, 15) is 10.1 Å². The molecule has 2 nitrogen and oxygen atoms in total. The average molecular weight is 267 g/mol. The molecule has 0 amide bonds. The molecule has 0 fully saturated rings. The lowest BCUT2D eigenvalue weighted by Crippen LogP contribution is -2.07. The van der Waals surface area contributed by atoms with Crippen molar-refractivity contribution < 1.29 is 4.79 Å². The maximum Gasteiger partial charge on any atom is 0.176 e. The van der Waals surface area contributed by atoms with Crippen molar-refractivity contribution in [3.8, 4) is 6.07 Å². The van der Waals surface area contributed by atoms with E-state index in [-0.39, 0.29) is 5.78 Å². The maximum atomic E-state index is 11.7. The van der Waals surface area contributed by atoms with Gasteiger partial charge in [0.2, 0.25) is 0 Å². The molecule has 0 N–H and O–H groups in total. The zero-order valence-corrected chi connectivity index (χ0v) is 11.4. The minimum Gasteiger partial charge on any atom is -0.293 e. The minimum atomic E-state index is -0.613. The van der Waals surface area contributed by atoms with Crippen LogP contribution in [-0.2, 0) is 4.79 Å². The Labute approximate surface area is 115 Å². The van der Waals surface area contributed by atoms with Gasteiger partial charge in [0.1, 0.15) is 10.9 Å². The number of benzene rings is 2. The standard InChI is InChI=1S/C16H13NOS/c1-13(18)16(12-17)19(14-8-4-2-5-9-14)15-10-6-3-7-11-15/h2-11H,1H3. The first-order chi connectivity index (χ1) is 9.24. The second kappa shape index (κ2) is 6.12. The molecule has 2 aromatic rings. The third-order valence-electron chi connectivity index (χ3n) is 2.58. The van der Waals surface area contributed by atoms with E-state index in [1.165, 1.54) is 6.92 Å². The second-order valence-corrected chi connectivity index (χ2v) is 5.89. The number of hydrogen-bond acceptors (Lipinski definition) is 2. The van der Waals surface area contributed by atoms with Crippen LogP contribution < -0.4 is 0 Å². The normalized spacial score (nSPS) is 9.95. The Morgan fingerprint density at radius 3 is 1.68 bits per heavy atom. The van der Waals surface area contributed by atoms with Crippen LogP contribution >= 0.6 is 10.5 Å². The lowest BCUT2D eigenvalue weighted by Gasteiger charge is -2.11. The molecule has 0 aliphatic heterocycles. The lowest BCUT2D eigenvalue weighted by molar-refractivity contribution is -0.110. The van der Waals surface area contributed by atoms with Crippen LogP contribution in [0.15, 0.2) is 70.5 Å². The van der Waals surface area contributed by atoms with Crippen molar-refractivity contribution in [3.63, 3.8) is 0 Å². The molecule has 94 valence electrons. The van der Waals surface area contributed by atoms with Crippen molar-refractivity contribution in [2.24, 2.45) is 0 Å². The summed E-state index contributed by atoms with van der Waals surface area (Å²) in [7, 11) is -0.613. The Morgan fingerprint density at radius 1 is 0.947 bits per heavy atom. The minimum absolute atomic E-state index is 0.168. The number of nitrogens with zero attached hydrogens (tertiary/aromatic N) is 1. The number of nitriles is 1. The Hall–Kier alpha value is -2.18. The van der Waals surface area contributed by atoms with Crippen LogP contribution in [0.5, 0.6) is 0 Å². The molecule has 0 aromatic heterocycles. The summed E-state index contributed by atoms with van der Waals surface area (Å²) in [6.07, 6.45) is 0. The molecule has 0 aliphatic carbocycles. The van der Waals surface area contributed by atoms with Crippen molar-refractivity contribution >= 4 is 21.1 Å². The topological polar surface area (TPSA) is 40.9 Å². The Kier molecular flexibility index (Phi) is 4.27. The van der Waals surface area contributed by atoms with Gasteiger partial charge < -0.3 is 0 Å². The van der Waals surface area contributed by atoms with Gasteiger partial charge in [0.05, 0.1) is 0 Å². The molecule has 19 heavy (non-hydrogen) atoms. The number of carbonyl (C=O) groups excluding carboxylic acids is 1. The van der Waals surface area contributed by atoms with E-state index in [4.69, 9.17) is 0 Å². The van der Waals surface area contributed by atoms with E-state index in [1.54, 1.807) is 0 Å². The summed E-state index contributed by atoms with van der Waals surface area (Å²) in [6, 6.07) is 21.4. The first-order valence-electron chi connectivity index (χ1n) is 5.86. The zero-order chi connectivity index (χ0) is 13.7. The van der Waals surface area contributed by atoms with Crippen LogP contribution in [0.2, 0.25) is 0 Å². The Bertz CT molecular complexity index is 613. The molecule has 2 rings (SSSR count). The van der Waals surface area contributed by atoms with E-state index in [0.717, 1.165) is 9.79 Å². The molecule has 0 spiro atoms. The average Bonchev–Trinajstić information content (AvgIpc) is 2.46. The Morgan fingerprint density at radius 2 is 1.37 bits per heavy atom. The smallest absolute Gasteiger partial charge is 0.176 e. The van der Waals surface area contributed by atoms with Crippen LogP contribution in [0.25, 0.3) is 0 Å². The van der Waals surface area contributed by atoms with E-state index < -0.39 is 10.5 Å². The van der Waals surface area contributed by atoms with Gasteiger partial charge in [0, 0.05) is 16.7 Å². The van der Waals surface area contributed by atoms with Crippen molar-refractivity contribution in [1.82, 2.24) is 0 Å². The third kappa shape index (κ3) is 2.98. The number of Topliss-reactive ketones (excluding diaryl/α,β-unsaturated/α-hetero) is 1. The highest BCUT2D eigenvalue weighted by atomic mass is 32.2. The van der Waals surface area contributed by atoms with Gasteiger partial charge in [-0.25, -0.2) is 0 Å². The summed E-state index contributed by atoms with van der Waals surface area (Å²) in [5.41, 5.74) is 0. The lowest BCUT2D eigenvalue weighted by atomic mass is 10.3.